The highest BCUT2D eigenvalue weighted by Crippen LogP contribution is 2.19. The van der Waals surface area contributed by atoms with E-state index in [1.165, 1.54) is 0 Å². The molecule has 0 spiro atoms. The van der Waals surface area contributed by atoms with E-state index in [2.05, 4.69) is 34.0 Å². The van der Waals surface area contributed by atoms with Gasteiger partial charge in [-0.05, 0) is 25.6 Å². The van der Waals surface area contributed by atoms with Gasteiger partial charge < -0.3 is 0 Å². The fourth-order valence-corrected chi connectivity index (χ4v) is 1.80. The second-order valence-corrected chi connectivity index (χ2v) is 3.96. The lowest BCUT2D eigenvalue weighted by Gasteiger charge is -2.12. The first kappa shape index (κ1) is 10.9. The standard InChI is InChI=1S/C10H13N5S/c1-3-7(2)15-9(13-14-10(15)16)8-6-11-4-5-12-8/h4-7H,3H2,1-2H3,(H,14,16). The summed E-state index contributed by atoms with van der Waals surface area (Å²) >= 11 is 5.21. The van der Waals surface area contributed by atoms with Crippen LogP contribution in [0.1, 0.15) is 26.3 Å². The van der Waals surface area contributed by atoms with Gasteiger partial charge in [-0.25, -0.2) is 4.98 Å². The van der Waals surface area contributed by atoms with Crippen molar-refractivity contribution in [3.63, 3.8) is 0 Å². The maximum atomic E-state index is 5.21. The van der Waals surface area contributed by atoms with Crippen LogP contribution in [0.15, 0.2) is 18.6 Å². The van der Waals surface area contributed by atoms with Gasteiger partial charge in [0.1, 0.15) is 5.69 Å². The van der Waals surface area contributed by atoms with E-state index in [9.17, 15) is 0 Å². The van der Waals surface area contributed by atoms with Crippen molar-refractivity contribution < 1.29 is 0 Å². The Labute approximate surface area is 98.6 Å². The number of aromatic amines is 1. The van der Waals surface area contributed by atoms with Gasteiger partial charge in [-0.3, -0.25) is 14.6 Å². The zero-order valence-electron chi connectivity index (χ0n) is 9.21. The van der Waals surface area contributed by atoms with Crippen LogP contribution in [0.2, 0.25) is 0 Å². The number of nitrogens with one attached hydrogen (secondary N) is 1. The van der Waals surface area contributed by atoms with Gasteiger partial charge in [0, 0.05) is 18.4 Å². The molecule has 84 valence electrons. The molecule has 1 atom stereocenters. The maximum absolute atomic E-state index is 5.21. The monoisotopic (exact) mass is 235 g/mol. The minimum Gasteiger partial charge on any atom is -0.296 e. The van der Waals surface area contributed by atoms with Gasteiger partial charge in [0.25, 0.3) is 0 Å². The van der Waals surface area contributed by atoms with E-state index in [-0.39, 0.29) is 0 Å². The summed E-state index contributed by atoms with van der Waals surface area (Å²) in [6.07, 6.45) is 5.96. The summed E-state index contributed by atoms with van der Waals surface area (Å²) in [5.41, 5.74) is 0.732. The zero-order valence-corrected chi connectivity index (χ0v) is 10.0. The van der Waals surface area contributed by atoms with Crippen LogP contribution in [0.4, 0.5) is 0 Å². The van der Waals surface area contributed by atoms with Crippen molar-refractivity contribution in [1.29, 1.82) is 0 Å². The highest BCUT2D eigenvalue weighted by atomic mass is 32.1. The first-order chi connectivity index (χ1) is 7.74. The molecule has 0 aromatic carbocycles. The van der Waals surface area contributed by atoms with Gasteiger partial charge in [-0.1, -0.05) is 6.92 Å². The van der Waals surface area contributed by atoms with Gasteiger partial charge in [0.15, 0.2) is 10.6 Å². The minimum atomic E-state index is 0.295. The first-order valence-electron chi connectivity index (χ1n) is 5.17. The Balaban J connectivity index is 2.55. The number of hydrogen-bond acceptors (Lipinski definition) is 4. The van der Waals surface area contributed by atoms with Crippen LogP contribution in [0.5, 0.6) is 0 Å². The van der Waals surface area contributed by atoms with Crippen LogP contribution < -0.4 is 0 Å². The smallest absolute Gasteiger partial charge is 0.195 e. The minimum absolute atomic E-state index is 0.295. The van der Waals surface area contributed by atoms with Crippen molar-refractivity contribution in [2.75, 3.05) is 0 Å². The number of aromatic nitrogens is 5. The third kappa shape index (κ3) is 1.88. The molecule has 0 aliphatic carbocycles. The number of H-pyrrole nitrogens is 1. The third-order valence-electron chi connectivity index (χ3n) is 2.53. The molecule has 0 radical (unpaired) electrons. The van der Waals surface area contributed by atoms with E-state index in [0.29, 0.717) is 10.8 Å². The summed E-state index contributed by atoms with van der Waals surface area (Å²) in [6, 6.07) is 0.295. The number of hydrogen-bond donors (Lipinski definition) is 1. The molecule has 0 bridgehead atoms. The molecular weight excluding hydrogens is 222 g/mol. The number of rotatable bonds is 3. The van der Waals surface area contributed by atoms with Gasteiger partial charge in [-0.15, -0.1) is 0 Å². The van der Waals surface area contributed by atoms with Gasteiger partial charge in [0.05, 0.1) is 6.20 Å². The Kier molecular flexibility index (Phi) is 3.09. The van der Waals surface area contributed by atoms with Gasteiger partial charge in [-0.2, -0.15) is 5.10 Å². The second-order valence-electron chi connectivity index (χ2n) is 3.57. The Morgan fingerprint density at radius 1 is 1.50 bits per heavy atom. The lowest BCUT2D eigenvalue weighted by molar-refractivity contribution is 0.528. The molecule has 5 nitrogen and oxygen atoms in total. The van der Waals surface area contributed by atoms with E-state index in [1.54, 1.807) is 18.6 Å². The quantitative estimate of drug-likeness (QED) is 0.830. The topological polar surface area (TPSA) is 59.4 Å². The maximum Gasteiger partial charge on any atom is 0.195 e. The molecule has 2 heterocycles. The van der Waals surface area contributed by atoms with Crippen LogP contribution in [0, 0.1) is 4.77 Å². The van der Waals surface area contributed by atoms with Crippen molar-refractivity contribution >= 4 is 12.2 Å². The molecule has 0 saturated carbocycles. The molecule has 0 fully saturated rings. The molecule has 16 heavy (non-hydrogen) atoms. The molecular formula is C10H13N5S. The third-order valence-corrected chi connectivity index (χ3v) is 2.82. The Hall–Kier alpha value is -1.56. The summed E-state index contributed by atoms with van der Waals surface area (Å²) in [5.74, 6) is 0.743. The van der Waals surface area contributed by atoms with Crippen molar-refractivity contribution in [3.8, 4) is 11.5 Å². The van der Waals surface area contributed by atoms with Crippen LogP contribution >= 0.6 is 12.2 Å². The summed E-state index contributed by atoms with van der Waals surface area (Å²) in [6.45, 7) is 4.21. The van der Waals surface area contributed by atoms with Crippen molar-refractivity contribution in [2.45, 2.75) is 26.3 Å². The van der Waals surface area contributed by atoms with Crippen LogP contribution in [0.25, 0.3) is 11.5 Å². The van der Waals surface area contributed by atoms with Crippen LogP contribution in [0.3, 0.4) is 0 Å². The highest BCUT2D eigenvalue weighted by molar-refractivity contribution is 7.71. The van der Waals surface area contributed by atoms with E-state index in [1.807, 2.05) is 4.57 Å². The van der Waals surface area contributed by atoms with Crippen molar-refractivity contribution in [1.82, 2.24) is 24.7 Å². The lowest BCUT2D eigenvalue weighted by atomic mass is 10.2. The molecule has 0 amide bonds. The molecule has 0 saturated heterocycles. The predicted octanol–water partition coefficient (Wildman–Crippen LogP) is 2.37. The molecule has 2 aromatic rings. The Morgan fingerprint density at radius 3 is 2.94 bits per heavy atom. The van der Waals surface area contributed by atoms with Crippen molar-refractivity contribution in [3.05, 3.63) is 23.4 Å². The average Bonchev–Trinajstić information content (AvgIpc) is 2.71. The first-order valence-corrected chi connectivity index (χ1v) is 5.58. The molecule has 2 aromatic heterocycles. The molecule has 2 rings (SSSR count). The van der Waals surface area contributed by atoms with Gasteiger partial charge in [0.2, 0.25) is 0 Å². The average molecular weight is 235 g/mol. The normalized spacial score (nSPS) is 12.6. The zero-order chi connectivity index (χ0) is 11.5. The summed E-state index contributed by atoms with van der Waals surface area (Å²) in [7, 11) is 0. The van der Waals surface area contributed by atoms with Crippen LogP contribution in [-0.4, -0.2) is 24.7 Å². The van der Waals surface area contributed by atoms with Crippen LogP contribution in [-0.2, 0) is 0 Å². The highest BCUT2D eigenvalue weighted by Gasteiger charge is 2.13. The fourth-order valence-electron chi connectivity index (χ4n) is 1.49. The lowest BCUT2D eigenvalue weighted by Crippen LogP contribution is -2.06. The second kappa shape index (κ2) is 4.52. The van der Waals surface area contributed by atoms with E-state index in [0.717, 1.165) is 17.9 Å². The molecule has 1 N–H and O–H groups in total. The van der Waals surface area contributed by atoms with E-state index < -0.39 is 0 Å². The summed E-state index contributed by atoms with van der Waals surface area (Å²) < 4.78 is 2.59. The number of nitrogens with zero attached hydrogens (tertiary/aromatic N) is 4. The molecule has 0 aliphatic rings. The summed E-state index contributed by atoms with van der Waals surface area (Å²) in [4.78, 5) is 8.26. The summed E-state index contributed by atoms with van der Waals surface area (Å²) in [5, 5.41) is 7.00. The predicted molar refractivity (Wildman–Crippen MR) is 63.4 cm³/mol. The SMILES string of the molecule is CCC(C)n1c(-c2cnccn2)n[nH]c1=S. The molecule has 6 heteroatoms. The molecule has 1 unspecified atom stereocenters. The van der Waals surface area contributed by atoms with E-state index in [4.69, 9.17) is 12.2 Å². The fraction of sp³-hybridized carbons (Fsp3) is 0.400. The molecule has 0 aliphatic heterocycles. The Morgan fingerprint density at radius 2 is 2.31 bits per heavy atom. The van der Waals surface area contributed by atoms with Gasteiger partial charge >= 0.3 is 0 Å². The largest absolute Gasteiger partial charge is 0.296 e. The van der Waals surface area contributed by atoms with Crippen molar-refractivity contribution in [2.24, 2.45) is 0 Å². The Bertz CT molecular complexity index is 516. The van der Waals surface area contributed by atoms with E-state index >= 15 is 0 Å².